The zero-order valence-electron chi connectivity index (χ0n) is 25.4. The minimum Gasteiger partial charge on any atom is -0.504 e. The van der Waals surface area contributed by atoms with Gasteiger partial charge in [0.25, 0.3) is 5.91 Å². The molecule has 1 amide bonds. The van der Waals surface area contributed by atoms with E-state index in [9.17, 15) is 14.7 Å². The van der Waals surface area contributed by atoms with E-state index in [4.69, 9.17) is 31.1 Å². The number of hydrogen-bond donors (Lipinski definition) is 5. The van der Waals surface area contributed by atoms with Crippen LogP contribution in [-0.2, 0) is 16.0 Å². The van der Waals surface area contributed by atoms with E-state index >= 15 is 0 Å². The van der Waals surface area contributed by atoms with E-state index < -0.39 is 17.5 Å². The van der Waals surface area contributed by atoms with Gasteiger partial charge in [0.15, 0.2) is 17.1 Å². The quantitative estimate of drug-likeness (QED) is 0.104. The number of carbonyl (C=O) groups is 2. The number of primary amides is 1. The maximum atomic E-state index is 13.0. The topological polar surface area (TPSA) is 170 Å². The summed E-state index contributed by atoms with van der Waals surface area (Å²) in [4.78, 5) is 24.8. The van der Waals surface area contributed by atoms with Gasteiger partial charge >= 0.3 is 5.97 Å². The summed E-state index contributed by atoms with van der Waals surface area (Å²) >= 11 is 0. The second kappa shape index (κ2) is 10.8. The molecular formula is C36H34N4O6. The molecule has 7 rings (SSSR count). The lowest BCUT2D eigenvalue weighted by Gasteiger charge is -2.39. The van der Waals surface area contributed by atoms with E-state index in [2.05, 4.69) is 17.4 Å². The van der Waals surface area contributed by atoms with Gasteiger partial charge in [-0.05, 0) is 88.7 Å². The molecule has 0 spiro atoms. The van der Waals surface area contributed by atoms with Gasteiger partial charge in [-0.15, -0.1) is 0 Å². The number of nitrogen functional groups attached to an aromatic ring is 1. The average Bonchev–Trinajstić information content (AvgIpc) is 3.74. The van der Waals surface area contributed by atoms with E-state index in [1.165, 1.54) is 25.3 Å². The molecule has 7 N–H and O–H groups in total. The molecule has 10 nitrogen and oxygen atoms in total. The Kier molecular flexibility index (Phi) is 6.88. The van der Waals surface area contributed by atoms with Crippen molar-refractivity contribution in [3.05, 3.63) is 106 Å². The Balaban J connectivity index is 1.35. The summed E-state index contributed by atoms with van der Waals surface area (Å²) in [6.07, 6.45) is 1.60. The number of nitrogens with two attached hydrogens (primary N) is 2. The molecule has 3 unspecified atom stereocenters. The zero-order chi connectivity index (χ0) is 32.3. The lowest BCUT2D eigenvalue weighted by Crippen LogP contribution is -2.35. The smallest absolute Gasteiger partial charge is 0.339 e. The Hall–Kier alpha value is -5.51. The van der Waals surface area contributed by atoms with E-state index in [-0.39, 0.29) is 35.0 Å². The van der Waals surface area contributed by atoms with Crippen LogP contribution in [0.5, 0.6) is 17.2 Å². The molecule has 4 aromatic rings. The predicted octanol–water partition coefficient (Wildman–Crippen LogP) is 5.01. The Bertz CT molecular complexity index is 1930. The van der Waals surface area contributed by atoms with Gasteiger partial charge in [-0.3, -0.25) is 10.2 Å². The van der Waals surface area contributed by atoms with Crippen LogP contribution < -0.4 is 26.3 Å². The lowest BCUT2D eigenvalue weighted by molar-refractivity contribution is -0.128. The maximum Gasteiger partial charge on any atom is 0.339 e. The number of nitrogens with one attached hydrogen (secondary N) is 2. The highest BCUT2D eigenvalue weighted by molar-refractivity contribution is 5.97. The summed E-state index contributed by atoms with van der Waals surface area (Å²) < 4.78 is 16.9. The first-order valence-corrected chi connectivity index (χ1v) is 15.1. The summed E-state index contributed by atoms with van der Waals surface area (Å²) in [7, 11) is 3.02. The first kappa shape index (κ1) is 29.2. The van der Waals surface area contributed by atoms with Crippen LogP contribution in [0.3, 0.4) is 0 Å². The molecule has 0 bridgehead atoms. The maximum absolute atomic E-state index is 13.0. The van der Waals surface area contributed by atoms with Gasteiger partial charge < -0.3 is 36.1 Å². The molecule has 234 valence electrons. The summed E-state index contributed by atoms with van der Waals surface area (Å²) in [6, 6.07) is 22.4. The molecule has 1 saturated carbocycles. The summed E-state index contributed by atoms with van der Waals surface area (Å²) in [5, 5.41) is 22.8. The molecular weight excluding hydrogens is 584 g/mol. The standard InChI is InChI=1S/C36H34N4O6/c1-44-29-15-20(34(42)46-36(11-12-36)35(39)43)7-9-22(29)23-16-28(41)30(45-2)17-24(23)32-26-13-18-5-3-4-6-21(18)31(26)25-14-19(33(37)38)8-10-27(25)40-32/h3-10,14-17,26,31-32,40-41H,11-13H2,1-2H3,(H3,37,38)(H2,39,43). The average molecular weight is 619 g/mol. The van der Waals surface area contributed by atoms with Crippen LogP contribution in [0.15, 0.2) is 72.8 Å². The number of anilines is 1. The van der Waals surface area contributed by atoms with Crippen LogP contribution in [0.2, 0.25) is 0 Å². The van der Waals surface area contributed by atoms with Crippen LogP contribution in [0.1, 0.15) is 63.0 Å². The Labute approximate surface area is 265 Å². The van der Waals surface area contributed by atoms with Gasteiger partial charge in [0, 0.05) is 35.6 Å². The number of esters is 1. The first-order chi connectivity index (χ1) is 22.1. The predicted molar refractivity (Wildman–Crippen MR) is 173 cm³/mol. The van der Waals surface area contributed by atoms with Gasteiger partial charge in [-0.1, -0.05) is 24.3 Å². The number of carbonyl (C=O) groups excluding carboxylic acids is 2. The van der Waals surface area contributed by atoms with Crippen LogP contribution in [0.25, 0.3) is 11.1 Å². The van der Waals surface area contributed by atoms with E-state index in [0.717, 1.165) is 23.2 Å². The molecule has 0 radical (unpaired) electrons. The molecule has 1 heterocycles. The molecule has 1 aliphatic heterocycles. The number of methoxy groups -OCH3 is 2. The second-order valence-corrected chi connectivity index (χ2v) is 12.2. The van der Waals surface area contributed by atoms with Gasteiger partial charge in [-0.25, -0.2) is 4.79 Å². The minimum atomic E-state index is -1.25. The third-order valence-electron chi connectivity index (χ3n) is 9.57. The van der Waals surface area contributed by atoms with Gasteiger partial charge in [0.1, 0.15) is 11.6 Å². The van der Waals surface area contributed by atoms with Crippen LogP contribution in [-0.4, -0.2) is 42.6 Å². The van der Waals surface area contributed by atoms with Crippen molar-refractivity contribution in [2.45, 2.75) is 36.8 Å². The van der Waals surface area contributed by atoms with Crippen molar-refractivity contribution >= 4 is 23.4 Å². The number of amidine groups is 1. The van der Waals surface area contributed by atoms with Gasteiger partial charge in [-0.2, -0.15) is 0 Å². The Morgan fingerprint density at radius 3 is 2.30 bits per heavy atom. The summed E-state index contributed by atoms with van der Waals surface area (Å²) in [5.74, 6) is -0.539. The minimum absolute atomic E-state index is 0.0136. The van der Waals surface area contributed by atoms with Crippen molar-refractivity contribution in [3.8, 4) is 28.4 Å². The second-order valence-electron chi connectivity index (χ2n) is 12.2. The SMILES string of the molecule is COc1cc(C2Nc3ccc(C(=N)N)cc3C3c4ccccc4CC23)c(-c2ccc(C(=O)OC3(C(N)=O)CC3)cc2OC)cc1O. The molecule has 2 aliphatic carbocycles. The van der Waals surface area contributed by atoms with Crippen LogP contribution >= 0.6 is 0 Å². The number of phenols is 1. The normalized spacial score (nSPS) is 19.9. The van der Waals surface area contributed by atoms with E-state index in [1.54, 1.807) is 24.3 Å². The number of amides is 1. The Morgan fingerprint density at radius 1 is 0.870 bits per heavy atom. The van der Waals surface area contributed by atoms with Crippen molar-refractivity contribution in [1.82, 2.24) is 0 Å². The molecule has 0 saturated heterocycles. The fraction of sp³-hybridized carbons (Fsp3) is 0.250. The number of benzene rings is 4. The molecule has 3 aliphatic rings. The molecule has 0 aromatic heterocycles. The highest BCUT2D eigenvalue weighted by atomic mass is 16.6. The number of aromatic hydroxyl groups is 1. The monoisotopic (exact) mass is 618 g/mol. The fourth-order valence-corrected chi connectivity index (χ4v) is 7.06. The number of ether oxygens (including phenoxy) is 3. The third kappa shape index (κ3) is 4.68. The molecule has 10 heteroatoms. The summed E-state index contributed by atoms with van der Waals surface area (Å²) in [5.41, 5.74) is 17.7. The molecule has 4 aromatic carbocycles. The Morgan fingerprint density at radius 2 is 1.61 bits per heavy atom. The van der Waals surface area contributed by atoms with Crippen molar-refractivity contribution in [2.24, 2.45) is 17.4 Å². The number of phenolic OH excluding ortho intramolecular Hbond substituents is 1. The van der Waals surface area contributed by atoms with E-state index in [0.29, 0.717) is 41.0 Å². The molecule has 1 fully saturated rings. The third-order valence-corrected chi connectivity index (χ3v) is 9.57. The van der Waals surface area contributed by atoms with Crippen molar-refractivity contribution < 1.29 is 28.9 Å². The number of rotatable bonds is 8. The van der Waals surface area contributed by atoms with E-state index in [1.807, 2.05) is 36.4 Å². The zero-order valence-corrected chi connectivity index (χ0v) is 25.4. The van der Waals surface area contributed by atoms with Crippen LogP contribution in [0.4, 0.5) is 5.69 Å². The van der Waals surface area contributed by atoms with Gasteiger partial charge in [0.2, 0.25) is 0 Å². The number of fused-ring (bicyclic) bond motifs is 5. The fourth-order valence-electron chi connectivity index (χ4n) is 7.06. The highest BCUT2D eigenvalue weighted by Crippen LogP contribution is 2.56. The van der Waals surface area contributed by atoms with Crippen molar-refractivity contribution in [1.29, 1.82) is 5.41 Å². The highest BCUT2D eigenvalue weighted by Gasteiger charge is 2.53. The molecule has 46 heavy (non-hydrogen) atoms. The summed E-state index contributed by atoms with van der Waals surface area (Å²) in [6.45, 7) is 0. The molecule has 3 atom stereocenters. The van der Waals surface area contributed by atoms with Crippen molar-refractivity contribution in [3.63, 3.8) is 0 Å². The largest absolute Gasteiger partial charge is 0.504 e. The lowest BCUT2D eigenvalue weighted by atomic mass is 9.74. The first-order valence-electron chi connectivity index (χ1n) is 15.1. The van der Waals surface area contributed by atoms with Gasteiger partial charge in [0.05, 0.1) is 25.8 Å². The van der Waals surface area contributed by atoms with Crippen LogP contribution in [0, 0.1) is 11.3 Å². The number of hydrogen-bond acceptors (Lipinski definition) is 8. The van der Waals surface area contributed by atoms with Crippen molar-refractivity contribution in [2.75, 3.05) is 19.5 Å².